The van der Waals surface area contributed by atoms with Crippen molar-refractivity contribution < 1.29 is 4.48 Å². The number of benzene rings is 2. The number of rotatable bonds is 0. The second kappa shape index (κ2) is 4.47. The van der Waals surface area contributed by atoms with E-state index < -0.39 is 0 Å². The molecule has 0 bridgehead atoms. The zero-order chi connectivity index (χ0) is 13.7. The first-order chi connectivity index (χ1) is 9.67. The average molecular weight is 287 g/mol. The van der Waals surface area contributed by atoms with Gasteiger partial charge in [0, 0.05) is 16.1 Å². The lowest BCUT2D eigenvalue weighted by Gasteiger charge is -2.37. The van der Waals surface area contributed by atoms with Crippen LogP contribution in [0.5, 0.6) is 0 Å². The van der Waals surface area contributed by atoms with Crippen LogP contribution in [-0.2, 0) is 13.1 Å². The third-order valence-corrected chi connectivity index (χ3v) is 5.59. The van der Waals surface area contributed by atoms with Crippen molar-refractivity contribution in [1.82, 2.24) is 0 Å². The van der Waals surface area contributed by atoms with E-state index in [9.17, 15) is 0 Å². The Morgan fingerprint density at radius 1 is 1.00 bits per heavy atom. The summed E-state index contributed by atoms with van der Waals surface area (Å²) in [6, 6.07) is 8.72. The predicted octanol–water partition coefficient (Wildman–Crippen LogP) is 4.82. The van der Waals surface area contributed by atoms with E-state index in [1.165, 1.54) is 66.3 Å². The van der Waals surface area contributed by atoms with Gasteiger partial charge in [-0.25, -0.2) is 0 Å². The predicted molar refractivity (Wildman–Crippen MR) is 84.9 cm³/mol. The Bertz CT molecular complexity index is 683. The molecule has 2 aromatic carbocycles. The fraction of sp³-hybridized carbons (Fsp3) is 0.444. The number of fused-ring (bicyclic) bond motifs is 2. The lowest BCUT2D eigenvalue weighted by molar-refractivity contribution is -0.951. The first kappa shape index (κ1) is 12.7. The van der Waals surface area contributed by atoms with Crippen molar-refractivity contribution in [2.45, 2.75) is 39.3 Å². The molecule has 2 heteroatoms. The van der Waals surface area contributed by atoms with Crippen molar-refractivity contribution in [3.05, 3.63) is 46.0 Å². The van der Waals surface area contributed by atoms with E-state index in [1.54, 1.807) is 11.1 Å². The third kappa shape index (κ3) is 1.88. The smallest absolute Gasteiger partial charge is 0.105 e. The van der Waals surface area contributed by atoms with Crippen LogP contribution in [0.2, 0.25) is 5.02 Å². The topological polar surface area (TPSA) is 0 Å². The Morgan fingerprint density at radius 3 is 2.60 bits per heavy atom. The highest BCUT2D eigenvalue weighted by Crippen LogP contribution is 2.38. The van der Waals surface area contributed by atoms with Crippen LogP contribution in [0.3, 0.4) is 0 Å². The molecule has 0 saturated carbocycles. The first-order valence-electron chi connectivity index (χ1n) is 7.73. The first-order valence-corrected chi connectivity index (χ1v) is 8.10. The Labute approximate surface area is 125 Å². The molecule has 2 heterocycles. The van der Waals surface area contributed by atoms with E-state index in [2.05, 4.69) is 25.1 Å². The number of piperidine rings is 1. The highest BCUT2D eigenvalue weighted by molar-refractivity contribution is 6.31. The van der Waals surface area contributed by atoms with E-state index >= 15 is 0 Å². The van der Waals surface area contributed by atoms with Crippen LogP contribution in [0.25, 0.3) is 10.8 Å². The van der Waals surface area contributed by atoms with Crippen molar-refractivity contribution in [2.24, 2.45) is 0 Å². The molecule has 0 radical (unpaired) electrons. The van der Waals surface area contributed by atoms with Crippen LogP contribution in [0.4, 0.5) is 0 Å². The summed E-state index contributed by atoms with van der Waals surface area (Å²) in [5, 5.41) is 3.54. The van der Waals surface area contributed by atoms with E-state index in [0.717, 1.165) is 5.02 Å². The maximum absolute atomic E-state index is 6.18. The molecular formula is C18H21ClN+. The molecule has 2 aromatic rings. The fourth-order valence-corrected chi connectivity index (χ4v) is 4.44. The second-order valence-corrected chi connectivity index (χ2v) is 7.11. The molecule has 0 unspecified atom stereocenters. The van der Waals surface area contributed by atoms with Gasteiger partial charge in [0.25, 0.3) is 0 Å². The Kier molecular flexibility index (Phi) is 2.84. The normalized spacial score (nSPS) is 20.5. The summed E-state index contributed by atoms with van der Waals surface area (Å²) in [6.07, 6.45) is 4.23. The van der Waals surface area contributed by atoms with E-state index in [0.29, 0.717) is 0 Å². The third-order valence-electron chi connectivity index (χ3n) is 5.35. The zero-order valence-electron chi connectivity index (χ0n) is 12.1. The van der Waals surface area contributed by atoms with Crippen molar-refractivity contribution in [3.8, 4) is 0 Å². The summed E-state index contributed by atoms with van der Waals surface area (Å²) in [4.78, 5) is 0. The molecule has 0 aromatic heterocycles. The van der Waals surface area contributed by atoms with Crippen molar-refractivity contribution in [1.29, 1.82) is 0 Å². The lowest BCUT2D eigenvalue weighted by Crippen LogP contribution is -2.46. The van der Waals surface area contributed by atoms with Crippen LogP contribution in [0, 0.1) is 6.92 Å². The Balaban J connectivity index is 1.85. The molecule has 1 nitrogen and oxygen atoms in total. The van der Waals surface area contributed by atoms with Gasteiger partial charge in [0.05, 0.1) is 13.1 Å². The maximum atomic E-state index is 6.18. The van der Waals surface area contributed by atoms with Gasteiger partial charge in [-0.15, -0.1) is 0 Å². The summed E-state index contributed by atoms with van der Waals surface area (Å²) >= 11 is 6.18. The van der Waals surface area contributed by atoms with Gasteiger partial charge >= 0.3 is 0 Å². The zero-order valence-corrected chi connectivity index (χ0v) is 12.8. The number of quaternary nitrogens is 1. The summed E-state index contributed by atoms with van der Waals surface area (Å²) in [5.74, 6) is 0. The second-order valence-electron chi connectivity index (χ2n) is 6.67. The minimum absolute atomic E-state index is 0.848. The lowest BCUT2D eigenvalue weighted by atomic mass is 9.97. The molecule has 104 valence electrons. The number of halogens is 1. The highest BCUT2D eigenvalue weighted by atomic mass is 35.5. The van der Waals surface area contributed by atoms with Crippen LogP contribution in [0.1, 0.15) is 36.0 Å². The van der Waals surface area contributed by atoms with E-state index in [-0.39, 0.29) is 0 Å². The minimum Gasteiger partial charge on any atom is -0.316 e. The quantitative estimate of drug-likeness (QED) is 0.609. The molecule has 2 aliphatic heterocycles. The molecule has 2 aliphatic rings. The van der Waals surface area contributed by atoms with Gasteiger partial charge < -0.3 is 4.48 Å². The molecule has 20 heavy (non-hydrogen) atoms. The van der Waals surface area contributed by atoms with Gasteiger partial charge in [-0.3, -0.25) is 0 Å². The van der Waals surface area contributed by atoms with E-state index in [1.807, 2.05) is 6.07 Å². The Hall–Kier alpha value is -1.05. The summed E-state index contributed by atoms with van der Waals surface area (Å²) in [5.41, 5.74) is 4.64. The van der Waals surface area contributed by atoms with Crippen molar-refractivity contribution in [2.75, 3.05) is 13.1 Å². The molecule has 1 spiro atoms. The molecule has 0 aliphatic carbocycles. The van der Waals surface area contributed by atoms with Crippen LogP contribution >= 0.6 is 11.6 Å². The number of hydrogen-bond acceptors (Lipinski definition) is 0. The molecule has 0 atom stereocenters. The van der Waals surface area contributed by atoms with Crippen LogP contribution in [-0.4, -0.2) is 17.6 Å². The van der Waals surface area contributed by atoms with Crippen LogP contribution in [0.15, 0.2) is 24.3 Å². The number of nitrogens with zero attached hydrogens (tertiary/aromatic N) is 1. The summed E-state index contributed by atoms with van der Waals surface area (Å²) in [7, 11) is 0. The van der Waals surface area contributed by atoms with Gasteiger partial charge in [-0.1, -0.05) is 17.7 Å². The van der Waals surface area contributed by atoms with Crippen LogP contribution < -0.4 is 0 Å². The monoisotopic (exact) mass is 286 g/mol. The maximum Gasteiger partial charge on any atom is 0.105 e. The molecule has 1 fully saturated rings. The van der Waals surface area contributed by atoms with Crippen molar-refractivity contribution >= 4 is 22.4 Å². The molecule has 4 rings (SSSR count). The largest absolute Gasteiger partial charge is 0.316 e. The SMILES string of the molecule is Cc1c2c(cc3ccc(Cl)cc13)C[N+]1(CCCCC1)C2. The highest BCUT2D eigenvalue weighted by Gasteiger charge is 2.38. The Morgan fingerprint density at radius 2 is 1.80 bits per heavy atom. The van der Waals surface area contributed by atoms with Gasteiger partial charge in [-0.2, -0.15) is 0 Å². The molecule has 0 N–H and O–H groups in total. The van der Waals surface area contributed by atoms with E-state index in [4.69, 9.17) is 11.6 Å². The van der Waals surface area contributed by atoms with Crippen molar-refractivity contribution in [3.63, 3.8) is 0 Å². The average Bonchev–Trinajstić information content (AvgIpc) is 2.79. The van der Waals surface area contributed by atoms with Gasteiger partial charge in [-0.05, 0) is 60.7 Å². The number of aryl methyl sites for hydroxylation is 1. The molecular weight excluding hydrogens is 266 g/mol. The van der Waals surface area contributed by atoms with Gasteiger partial charge in [0.1, 0.15) is 13.1 Å². The van der Waals surface area contributed by atoms with Gasteiger partial charge in [0.2, 0.25) is 0 Å². The summed E-state index contributed by atoms with van der Waals surface area (Å²) < 4.78 is 1.31. The van der Waals surface area contributed by atoms with Gasteiger partial charge in [0.15, 0.2) is 0 Å². The molecule has 1 saturated heterocycles. The standard InChI is InChI=1S/C18H21ClN/c1-13-17-10-16(19)6-5-14(17)9-15-11-20(12-18(13)15)7-3-2-4-8-20/h5-6,9-10H,2-4,7-8,11-12H2,1H3/q+1. The minimum atomic E-state index is 0.848. The number of hydrogen-bond donors (Lipinski definition) is 0. The fourth-order valence-electron chi connectivity index (χ4n) is 4.27. The summed E-state index contributed by atoms with van der Waals surface area (Å²) in [6.45, 7) is 7.50. The molecule has 0 amide bonds.